The van der Waals surface area contributed by atoms with Gasteiger partial charge in [-0.05, 0) is 37.3 Å². The van der Waals surface area contributed by atoms with E-state index in [4.69, 9.17) is 0 Å². The van der Waals surface area contributed by atoms with Gasteiger partial charge < -0.3 is 10.6 Å². The Hall–Kier alpha value is -0.820. The van der Waals surface area contributed by atoms with Crippen LogP contribution in [0.25, 0.3) is 0 Å². The fraction of sp³-hybridized carbons (Fsp3) is 0.632. The monoisotopic (exact) mass is 442 g/mol. The van der Waals surface area contributed by atoms with Gasteiger partial charge in [-0.25, -0.2) is 0 Å². The van der Waals surface area contributed by atoms with Gasteiger partial charge >= 0.3 is 0 Å². The van der Waals surface area contributed by atoms with Crippen molar-refractivity contribution in [1.29, 1.82) is 0 Å². The highest BCUT2D eigenvalue weighted by molar-refractivity contribution is 14.0. The molecule has 1 unspecified atom stereocenters. The molecule has 1 saturated carbocycles. The summed E-state index contributed by atoms with van der Waals surface area (Å²) in [4.78, 5) is 6.93. The first kappa shape index (κ1) is 19.5. The van der Waals surface area contributed by atoms with Gasteiger partial charge in [0.05, 0.1) is 0 Å². The zero-order chi connectivity index (χ0) is 15.9. The molecule has 4 nitrogen and oxygen atoms in total. The first-order valence-electron chi connectivity index (χ1n) is 9.07. The molecule has 1 aliphatic heterocycles. The molecule has 0 amide bonds. The number of guanidine groups is 1. The average molecular weight is 442 g/mol. The van der Waals surface area contributed by atoms with Crippen LogP contribution in [-0.2, 0) is 6.54 Å². The van der Waals surface area contributed by atoms with E-state index in [1.165, 1.54) is 44.2 Å². The fourth-order valence-electron chi connectivity index (χ4n) is 3.35. The zero-order valence-corrected chi connectivity index (χ0v) is 17.0. The summed E-state index contributed by atoms with van der Waals surface area (Å²) in [5.41, 5.74) is 1.40. The van der Waals surface area contributed by atoms with E-state index in [1.54, 1.807) is 0 Å². The molecule has 0 spiro atoms. The van der Waals surface area contributed by atoms with E-state index in [-0.39, 0.29) is 24.0 Å². The molecule has 134 valence electrons. The number of aliphatic imine (C=N–C) groups is 1. The minimum Gasteiger partial charge on any atom is -0.356 e. The number of piperidine rings is 1. The molecule has 0 aromatic heterocycles. The van der Waals surface area contributed by atoms with Gasteiger partial charge in [-0.1, -0.05) is 43.2 Å². The molecule has 1 aromatic rings. The van der Waals surface area contributed by atoms with Crippen LogP contribution in [0.5, 0.6) is 0 Å². The predicted molar refractivity (Wildman–Crippen MR) is 112 cm³/mol. The molecular formula is C19H31IN4. The topological polar surface area (TPSA) is 39.7 Å². The maximum absolute atomic E-state index is 4.38. The van der Waals surface area contributed by atoms with Crippen molar-refractivity contribution in [3.8, 4) is 0 Å². The lowest BCUT2D eigenvalue weighted by Gasteiger charge is -2.34. The van der Waals surface area contributed by atoms with Crippen LogP contribution in [-0.4, -0.2) is 43.6 Å². The molecule has 0 radical (unpaired) electrons. The van der Waals surface area contributed by atoms with Crippen molar-refractivity contribution in [2.45, 2.75) is 44.7 Å². The van der Waals surface area contributed by atoms with Crippen LogP contribution in [0.15, 0.2) is 35.3 Å². The van der Waals surface area contributed by atoms with Crippen molar-refractivity contribution < 1.29 is 0 Å². The summed E-state index contributed by atoms with van der Waals surface area (Å²) < 4.78 is 0. The molecule has 2 fully saturated rings. The van der Waals surface area contributed by atoms with E-state index >= 15 is 0 Å². The highest BCUT2D eigenvalue weighted by Crippen LogP contribution is 2.31. The summed E-state index contributed by atoms with van der Waals surface area (Å²) in [7, 11) is 1.87. The minimum atomic E-state index is 0. The molecule has 5 heteroatoms. The number of nitrogens with one attached hydrogen (secondary N) is 2. The van der Waals surface area contributed by atoms with Gasteiger partial charge in [-0.2, -0.15) is 0 Å². The summed E-state index contributed by atoms with van der Waals surface area (Å²) in [6, 6.07) is 11.3. The maximum Gasteiger partial charge on any atom is 0.191 e. The van der Waals surface area contributed by atoms with Crippen molar-refractivity contribution in [2.24, 2.45) is 10.9 Å². The zero-order valence-electron chi connectivity index (χ0n) is 14.7. The molecule has 0 bridgehead atoms. The Morgan fingerprint density at radius 1 is 1.21 bits per heavy atom. The van der Waals surface area contributed by atoms with E-state index < -0.39 is 0 Å². The predicted octanol–water partition coefficient (Wildman–Crippen LogP) is 3.23. The molecule has 1 aliphatic carbocycles. The van der Waals surface area contributed by atoms with Gasteiger partial charge in [0.1, 0.15) is 0 Å². The Kier molecular flexibility index (Phi) is 8.32. The number of hydrogen-bond acceptors (Lipinski definition) is 2. The van der Waals surface area contributed by atoms with Crippen molar-refractivity contribution in [3.05, 3.63) is 35.9 Å². The summed E-state index contributed by atoms with van der Waals surface area (Å²) in [6.45, 7) is 4.39. The van der Waals surface area contributed by atoms with E-state index in [0.29, 0.717) is 6.04 Å². The van der Waals surface area contributed by atoms with E-state index in [2.05, 4.69) is 50.9 Å². The second kappa shape index (κ2) is 10.2. The Balaban J connectivity index is 0.00000208. The second-order valence-corrected chi connectivity index (χ2v) is 6.94. The highest BCUT2D eigenvalue weighted by Gasteiger charge is 2.22. The Labute approximate surface area is 163 Å². The van der Waals surface area contributed by atoms with Crippen LogP contribution in [0.1, 0.15) is 37.7 Å². The minimum absolute atomic E-state index is 0. The van der Waals surface area contributed by atoms with Crippen LogP contribution in [0.3, 0.4) is 0 Å². The molecule has 1 heterocycles. The highest BCUT2D eigenvalue weighted by atomic mass is 127. The standard InChI is InChI=1S/C19H30N4.HI/c1-20-19(21-12-11-16-9-10-16)22-18-8-5-13-23(15-18)14-17-6-3-2-4-7-17;/h2-4,6-7,16,18H,5,8-15H2,1H3,(H2,20,21,22);1H. The molecule has 1 atom stereocenters. The molecule has 2 aliphatic rings. The number of hydrogen-bond donors (Lipinski definition) is 2. The van der Waals surface area contributed by atoms with Crippen LogP contribution < -0.4 is 10.6 Å². The quantitative estimate of drug-likeness (QED) is 0.404. The molecular weight excluding hydrogens is 411 g/mol. The van der Waals surface area contributed by atoms with Crippen LogP contribution in [0.2, 0.25) is 0 Å². The normalized spacial score (nSPS) is 21.9. The third-order valence-corrected chi connectivity index (χ3v) is 4.86. The lowest BCUT2D eigenvalue weighted by molar-refractivity contribution is 0.192. The third-order valence-electron chi connectivity index (χ3n) is 4.86. The van der Waals surface area contributed by atoms with Gasteiger partial charge in [0.25, 0.3) is 0 Å². The van der Waals surface area contributed by atoms with Crippen molar-refractivity contribution in [1.82, 2.24) is 15.5 Å². The van der Waals surface area contributed by atoms with E-state index in [0.717, 1.165) is 31.5 Å². The first-order chi connectivity index (χ1) is 11.3. The van der Waals surface area contributed by atoms with Gasteiger partial charge in [0, 0.05) is 32.7 Å². The maximum atomic E-state index is 4.38. The van der Waals surface area contributed by atoms with Crippen LogP contribution in [0.4, 0.5) is 0 Å². The van der Waals surface area contributed by atoms with Gasteiger partial charge in [0.2, 0.25) is 0 Å². The molecule has 2 N–H and O–H groups in total. The van der Waals surface area contributed by atoms with Crippen molar-refractivity contribution in [3.63, 3.8) is 0 Å². The van der Waals surface area contributed by atoms with Crippen molar-refractivity contribution >= 4 is 29.9 Å². The van der Waals surface area contributed by atoms with Gasteiger partial charge in [-0.3, -0.25) is 9.89 Å². The van der Waals surface area contributed by atoms with Crippen molar-refractivity contribution in [2.75, 3.05) is 26.7 Å². The molecule has 1 saturated heterocycles. The number of halogens is 1. The number of rotatable bonds is 6. The summed E-state index contributed by atoms with van der Waals surface area (Å²) in [5, 5.41) is 7.09. The third kappa shape index (κ3) is 6.59. The molecule has 24 heavy (non-hydrogen) atoms. The number of benzene rings is 1. The SMILES string of the molecule is CN=C(NCCC1CC1)NC1CCCN(Cc2ccccc2)C1.I. The molecule has 1 aromatic carbocycles. The van der Waals surface area contributed by atoms with Crippen LogP contribution >= 0.6 is 24.0 Å². The number of nitrogens with zero attached hydrogens (tertiary/aromatic N) is 2. The van der Waals surface area contributed by atoms with Gasteiger partial charge in [0.15, 0.2) is 5.96 Å². The Morgan fingerprint density at radius 2 is 2.00 bits per heavy atom. The largest absolute Gasteiger partial charge is 0.356 e. The summed E-state index contributed by atoms with van der Waals surface area (Å²) in [6.07, 6.45) is 6.61. The molecule has 3 rings (SSSR count). The second-order valence-electron chi connectivity index (χ2n) is 6.94. The summed E-state index contributed by atoms with van der Waals surface area (Å²) in [5.74, 6) is 1.94. The lowest BCUT2D eigenvalue weighted by atomic mass is 10.0. The lowest BCUT2D eigenvalue weighted by Crippen LogP contribution is -2.51. The van der Waals surface area contributed by atoms with E-state index in [1.807, 2.05) is 7.05 Å². The number of likely N-dealkylation sites (tertiary alicyclic amines) is 1. The first-order valence-corrected chi connectivity index (χ1v) is 9.07. The Bertz CT molecular complexity index is 501. The average Bonchev–Trinajstić information content (AvgIpc) is 3.39. The summed E-state index contributed by atoms with van der Waals surface area (Å²) >= 11 is 0. The van der Waals surface area contributed by atoms with Crippen LogP contribution in [0, 0.1) is 5.92 Å². The fourth-order valence-corrected chi connectivity index (χ4v) is 3.35. The van der Waals surface area contributed by atoms with Gasteiger partial charge in [-0.15, -0.1) is 24.0 Å². The Morgan fingerprint density at radius 3 is 2.71 bits per heavy atom. The van der Waals surface area contributed by atoms with E-state index in [9.17, 15) is 0 Å². The smallest absolute Gasteiger partial charge is 0.191 e.